The summed E-state index contributed by atoms with van der Waals surface area (Å²) in [5, 5.41) is 18.7. The lowest BCUT2D eigenvalue weighted by atomic mass is 9.78. The zero-order valence-electron chi connectivity index (χ0n) is 30.9. The largest absolute Gasteiger partial charge is 0.458 e. The Balaban J connectivity index is 1.55. The van der Waals surface area contributed by atoms with Crippen LogP contribution < -0.4 is 14.3 Å². The fourth-order valence-electron chi connectivity index (χ4n) is 6.01. The number of rotatable bonds is 17. The highest BCUT2D eigenvalue weighted by atomic mass is 32.2. The Morgan fingerprint density at radius 3 is 1.82 bits per heavy atom. The number of β-lactam (4-membered cyclic amide) rings is 1. The zero-order chi connectivity index (χ0) is 40.2. The number of aliphatic hydroxyl groups is 2. The van der Waals surface area contributed by atoms with Crippen LogP contribution in [-0.2, 0) is 34.4 Å². The summed E-state index contributed by atoms with van der Waals surface area (Å²) < 4.78 is 70.5. The van der Waals surface area contributed by atoms with E-state index in [1.807, 2.05) is 24.3 Å². The van der Waals surface area contributed by atoms with Crippen molar-refractivity contribution in [3.63, 3.8) is 0 Å². The molecule has 4 N–H and O–H groups in total. The van der Waals surface area contributed by atoms with E-state index in [4.69, 9.17) is 4.74 Å². The molecule has 4 rings (SSSR count). The highest BCUT2D eigenvalue weighted by Crippen LogP contribution is 2.46. The van der Waals surface area contributed by atoms with Crippen molar-refractivity contribution in [1.82, 2.24) is 9.44 Å². The number of hydrogen-bond acceptors (Lipinski definition) is 9. The van der Waals surface area contributed by atoms with Gasteiger partial charge in [-0.2, -0.15) is 0 Å². The molecule has 1 saturated heterocycles. The highest BCUT2D eigenvalue weighted by molar-refractivity contribution is 7.89. The predicted octanol–water partition coefficient (Wildman–Crippen LogP) is 3.41. The Hall–Kier alpha value is -4.61. The van der Waals surface area contributed by atoms with Crippen LogP contribution >= 0.6 is 0 Å². The van der Waals surface area contributed by atoms with Gasteiger partial charge in [0.2, 0.25) is 26.0 Å². The molecule has 12 nitrogen and oxygen atoms in total. The van der Waals surface area contributed by atoms with Gasteiger partial charge < -0.3 is 19.8 Å². The first-order valence-corrected chi connectivity index (χ1v) is 21.4. The number of nitrogens with one attached hydrogen (secondary N) is 2. The average molecular weight is 796 g/mol. The summed E-state index contributed by atoms with van der Waals surface area (Å²) in [6.45, 7) is 0.969. The van der Waals surface area contributed by atoms with Crippen molar-refractivity contribution < 1.29 is 45.8 Å². The molecule has 1 unspecified atom stereocenters. The van der Waals surface area contributed by atoms with E-state index in [-0.39, 0.29) is 50.6 Å². The van der Waals surface area contributed by atoms with Crippen LogP contribution in [-0.4, -0.2) is 77.7 Å². The van der Waals surface area contributed by atoms with Gasteiger partial charge >= 0.3 is 5.97 Å². The molecule has 0 saturated carbocycles. The zero-order valence-corrected chi connectivity index (χ0v) is 32.5. The average Bonchev–Trinajstić information content (AvgIpc) is 3.13. The van der Waals surface area contributed by atoms with Gasteiger partial charge in [0, 0.05) is 68.8 Å². The van der Waals surface area contributed by atoms with E-state index in [9.17, 15) is 41.0 Å². The molecule has 0 aliphatic carbocycles. The Bertz CT molecular complexity index is 2080. The van der Waals surface area contributed by atoms with Crippen LogP contribution in [0.2, 0.25) is 0 Å². The number of nitrogens with zero attached hydrogens (tertiary/aromatic N) is 1. The Labute approximate surface area is 322 Å². The van der Waals surface area contributed by atoms with Crippen molar-refractivity contribution in [2.45, 2.75) is 44.8 Å². The molecule has 0 radical (unpaired) electrons. The minimum absolute atomic E-state index is 0.00156. The fraction of sp³-hybridized carbons (Fsp3) is 0.400. The molecule has 0 bridgehead atoms. The molecule has 3 aromatic rings. The van der Waals surface area contributed by atoms with Gasteiger partial charge in [0.1, 0.15) is 11.9 Å². The van der Waals surface area contributed by atoms with Crippen molar-refractivity contribution in [3.05, 3.63) is 101 Å². The van der Waals surface area contributed by atoms with Gasteiger partial charge in [-0.3, -0.25) is 9.59 Å². The summed E-state index contributed by atoms with van der Waals surface area (Å²) in [5.74, 6) is 9.78. The lowest BCUT2D eigenvalue weighted by Gasteiger charge is -2.48. The number of benzene rings is 3. The van der Waals surface area contributed by atoms with E-state index in [1.165, 1.54) is 19.1 Å². The molecule has 3 aromatic carbocycles. The van der Waals surface area contributed by atoms with Crippen LogP contribution in [0.4, 0.5) is 10.1 Å². The molecule has 1 fully saturated rings. The topological polar surface area (TPSA) is 179 Å². The Morgan fingerprint density at radius 1 is 0.818 bits per heavy atom. The van der Waals surface area contributed by atoms with E-state index < -0.39 is 49.8 Å². The van der Waals surface area contributed by atoms with Crippen molar-refractivity contribution in [2.24, 2.45) is 17.8 Å². The van der Waals surface area contributed by atoms with Crippen molar-refractivity contribution in [3.8, 4) is 23.7 Å². The summed E-state index contributed by atoms with van der Waals surface area (Å²) >= 11 is 0. The molecule has 1 aliphatic rings. The molecule has 0 spiro atoms. The Morgan fingerprint density at radius 2 is 1.33 bits per heavy atom. The second-order valence-electron chi connectivity index (χ2n) is 13.5. The smallest absolute Gasteiger partial charge is 0.303 e. The van der Waals surface area contributed by atoms with Crippen LogP contribution in [0, 0.1) is 47.3 Å². The highest BCUT2D eigenvalue weighted by Gasteiger charge is 2.48. The monoisotopic (exact) mass is 795 g/mol. The summed E-state index contributed by atoms with van der Waals surface area (Å²) in [6.07, 6.45) is 2.59. The number of halogens is 1. The molecule has 294 valence electrons. The van der Waals surface area contributed by atoms with E-state index in [1.54, 1.807) is 41.3 Å². The van der Waals surface area contributed by atoms with Gasteiger partial charge in [-0.15, -0.1) is 0 Å². The molecule has 3 atom stereocenters. The first-order valence-electron chi connectivity index (χ1n) is 17.6. The van der Waals surface area contributed by atoms with E-state index >= 15 is 0 Å². The standard InChI is InChI=1S/C40H46FN3O9S2/c1-28(47)53-38(33-16-18-35(41)19-17-33)23-22-37-39(34-14-10-29(11-15-34)7-5-9-32(26-45)27-46)44(40(37)48)36-20-12-30(13-21-36)6-4-8-31(24-42-54(2,49)50)25-43-55(3,51)52/h10-21,31-32,37-39,42-43,45-46H,8-9,22-27H2,1-3H3/t37-,38?,39-/m1/s1. The quantitative estimate of drug-likeness (QED) is 0.0906. The van der Waals surface area contributed by atoms with Gasteiger partial charge in [-0.1, -0.05) is 47.9 Å². The predicted molar refractivity (Wildman–Crippen MR) is 207 cm³/mol. The molecule has 1 heterocycles. The summed E-state index contributed by atoms with van der Waals surface area (Å²) in [6, 6.07) is 19.9. The first-order chi connectivity index (χ1) is 26.1. The van der Waals surface area contributed by atoms with E-state index in [0.717, 1.165) is 23.6 Å². The number of anilines is 1. The molecule has 1 amide bonds. The SMILES string of the molecule is CC(=O)OC(CC[C@H]1C(=O)N(c2ccc(C#CCC(CNS(C)(=O)=O)CNS(C)(=O)=O)cc2)[C@@H]1c1ccc(C#CCC(CO)CO)cc1)c1ccc(F)cc1. The minimum Gasteiger partial charge on any atom is -0.458 e. The molecule has 55 heavy (non-hydrogen) atoms. The number of carbonyl (C=O) groups excluding carboxylic acids is 2. The number of ether oxygens (including phenoxy) is 1. The number of carbonyl (C=O) groups is 2. The third kappa shape index (κ3) is 13.6. The third-order valence-corrected chi connectivity index (χ3v) is 10.3. The van der Waals surface area contributed by atoms with Gasteiger partial charge in [0.15, 0.2) is 0 Å². The van der Waals surface area contributed by atoms with Gasteiger partial charge in [0.05, 0.1) is 24.5 Å². The minimum atomic E-state index is -3.49. The van der Waals surface area contributed by atoms with Gasteiger partial charge in [-0.05, 0) is 78.4 Å². The first kappa shape index (κ1) is 43.1. The molecular formula is C40H46FN3O9S2. The second kappa shape index (κ2) is 19.8. The van der Waals surface area contributed by atoms with Crippen LogP contribution in [0.5, 0.6) is 0 Å². The normalized spacial score (nSPS) is 16.1. The molecule has 1 aliphatic heterocycles. The Kier molecular flexibility index (Phi) is 15.5. The number of esters is 1. The fourth-order valence-corrected chi connectivity index (χ4v) is 7.08. The van der Waals surface area contributed by atoms with Gasteiger partial charge in [-0.25, -0.2) is 30.7 Å². The van der Waals surface area contributed by atoms with Crippen LogP contribution in [0.25, 0.3) is 0 Å². The molecule has 15 heteroatoms. The number of amides is 1. The van der Waals surface area contributed by atoms with Crippen LogP contribution in [0.1, 0.15) is 67.0 Å². The van der Waals surface area contributed by atoms with E-state index in [0.29, 0.717) is 36.1 Å². The van der Waals surface area contributed by atoms with Gasteiger partial charge in [0.25, 0.3) is 0 Å². The van der Waals surface area contributed by atoms with Crippen LogP contribution in [0.3, 0.4) is 0 Å². The third-order valence-electron chi connectivity index (χ3n) is 8.93. The molecular weight excluding hydrogens is 750 g/mol. The summed E-state index contributed by atoms with van der Waals surface area (Å²) in [7, 11) is -6.99. The maximum atomic E-state index is 13.9. The lowest BCUT2D eigenvalue weighted by Crippen LogP contribution is -2.55. The van der Waals surface area contributed by atoms with E-state index in [2.05, 4.69) is 33.1 Å². The van der Waals surface area contributed by atoms with Crippen molar-refractivity contribution >= 4 is 37.6 Å². The van der Waals surface area contributed by atoms with Crippen LogP contribution in [0.15, 0.2) is 72.8 Å². The maximum Gasteiger partial charge on any atom is 0.303 e. The maximum absolute atomic E-state index is 13.9. The number of sulfonamides is 2. The van der Waals surface area contributed by atoms with Crippen molar-refractivity contribution in [1.29, 1.82) is 0 Å². The number of hydrogen-bond donors (Lipinski definition) is 4. The lowest BCUT2D eigenvalue weighted by molar-refractivity contribution is -0.147. The summed E-state index contributed by atoms with van der Waals surface area (Å²) in [4.78, 5) is 27.5. The second-order valence-corrected chi connectivity index (χ2v) is 17.2. The summed E-state index contributed by atoms with van der Waals surface area (Å²) in [5.41, 5.74) is 3.45. The number of aliphatic hydroxyl groups excluding tert-OH is 2. The van der Waals surface area contributed by atoms with Crippen molar-refractivity contribution in [2.75, 3.05) is 43.7 Å². The molecule has 0 aromatic heterocycles.